The van der Waals surface area contributed by atoms with Crippen LogP contribution in [0.25, 0.3) is 0 Å². The minimum absolute atomic E-state index is 0.0423. The van der Waals surface area contributed by atoms with Crippen LogP contribution in [0.3, 0.4) is 0 Å². The number of thiophene rings is 1. The molecule has 1 N–H and O–H groups in total. The summed E-state index contributed by atoms with van der Waals surface area (Å²) in [5.41, 5.74) is 2.89. The van der Waals surface area contributed by atoms with Crippen molar-refractivity contribution in [2.45, 2.75) is 32.2 Å². The van der Waals surface area contributed by atoms with Crippen LogP contribution in [0, 0.1) is 11.3 Å². The number of amides is 1. The summed E-state index contributed by atoms with van der Waals surface area (Å²) in [4.78, 5) is 18.4. The maximum absolute atomic E-state index is 12.6. The molecule has 0 unspecified atom stereocenters. The summed E-state index contributed by atoms with van der Waals surface area (Å²) in [6, 6.07) is 7.91. The van der Waals surface area contributed by atoms with Crippen LogP contribution in [0.5, 0.6) is 0 Å². The van der Waals surface area contributed by atoms with E-state index >= 15 is 0 Å². The predicted molar refractivity (Wildman–Crippen MR) is 122 cm³/mol. The van der Waals surface area contributed by atoms with Gasteiger partial charge < -0.3 is 5.32 Å². The molecule has 1 saturated heterocycles. The van der Waals surface area contributed by atoms with Gasteiger partial charge in [-0.1, -0.05) is 29.3 Å². The van der Waals surface area contributed by atoms with Crippen LogP contribution < -0.4 is 5.32 Å². The molecule has 0 atom stereocenters. The molecule has 30 heavy (non-hydrogen) atoms. The second-order valence-corrected chi connectivity index (χ2v) is 9.81. The van der Waals surface area contributed by atoms with Gasteiger partial charge in [0.25, 0.3) is 0 Å². The summed E-state index contributed by atoms with van der Waals surface area (Å²) in [5, 5.41) is 14.6. The average molecular weight is 463 g/mol. The topological polar surface area (TPSA) is 59.4 Å². The third-order valence-corrected chi connectivity index (χ3v) is 7.57. The highest BCUT2D eigenvalue weighted by Gasteiger charge is 2.24. The van der Waals surface area contributed by atoms with E-state index in [-0.39, 0.29) is 5.91 Å². The van der Waals surface area contributed by atoms with E-state index in [1.807, 2.05) is 12.1 Å². The lowest BCUT2D eigenvalue weighted by Gasteiger charge is -2.34. The van der Waals surface area contributed by atoms with Crippen molar-refractivity contribution in [3.05, 3.63) is 49.8 Å². The lowest BCUT2D eigenvalue weighted by Crippen LogP contribution is -2.48. The molecule has 1 fully saturated rings. The summed E-state index contributed by atoms with van der Waals surface area (Å²) in [6.07, 6.45) is 4.25. The quantitative estimate of drug-likeness (QED) is 0.706. The Morgan fingerprint density at radius 1 is 1.13 bits per heavy atom. The lowest BCUT2D eigenvalue weighted by atomic mass is 9.96. The maximum Gasteiger partial charge on any atom is 0.239 e. The smallest absolute Gasteiger partial charge is 0.239 e. The molecule has 0 bridgehead atoms. The fourth-order valence-electron chi connectivity index (χ4n) is 4.14. The number of benzene rings is 1. The molecule has 5 nitrogen and oxygen atoms in total. The lowest BCUT2D eigenvalue weighted by molar-refractivity contribution is -0.117. The summed E-state index contributed by atoms with van der Waals surface area (Å²) in [5.74, 6) is -0.0423. The highest BCUT2D eigenvalue weighted by atomic mass is 35.5. The minimum Gasteiger partial charge on any atom is -0.315 e. The number of hydrogen-bond donors (Lipinski definition) is 1. The molecule has 0 radical (unpaired) electrons. The first-order valence-corrected chi connectivity index (χ1v) is 11.8. The first kappa shape index (κ1) is 21.6. The van der Waals surface area contributed by atoms with E-state index in [0.717, 1.165) is 74.5 Å². The third kappa shape index (κ3) is 4.99. The zero-order chi connectivity index (χ0) is 21.1. The Labute approximate surface area is 191 Å². The zero-order valence-corrected chi connectivity index (χ0v) is 19.0. The normalized spacial score (nSPS) is 17.4. The summed E-state index contributed by atoms with van der Waals surface area (Å²) in [7, 11) is 0. The Morgan fingerprint density at radius 3 is 2.60 bits per heavy atom. The van der Waals surface area contributed by atoms with Gasteiger partial charge in [-0.15, -0.1) is 11.3 Å². The number of nitrogens with one attached hydrogen (secondary N) is 1. The molecule has 2 aromatic rings. The molecule has 2 aliphatic rings. The van der Waals surface area contributed by atoms with Gasteiger partial charge in [-0.05, 0) is 48.9 Å². The molecule has 4 rings (SSSR count). The zero-order valence-electron chi connectivity index (χ0n) is 16.7. The van der Waals surface area contributed by atoms with Gasteiger partial charge in [-0.2, -0.15) is 5.26 Å². The second-order valence-electron chi connectivity index (χ2n) is 7.86. The van der Waals surface area contributed by atoms with Crippen molar-refractivity contribution in [1.29, 1.82) is 5.26 Å². The number of halogens is 2. The first-order chi connectivity index (χ1) is 14.5. The molecular formula is C22H24Cl2N4OS. The summed E-state index contributed by atoms with van der Waals surface area (Å²) >= 11 is 13.8. The number of carbonyl (C=O) groups excluding carboxylic acids is 1. The number of aryl methyl sites for hydroxylation is 1. The maximum atomic E-state index is 12.6. The third-order valence-electron chi connectivity index (χ3n) is 5.78. The van der Waals surface area contributed by atoms with Gasteiger partial charge in [0.05, 0.1) is 12.1 Å². The number of fused-ring (bicyclic) bond motifs is 1. The van der Waals surface area contributed by atoms with Crippen LogP contribution in [0.2, 0.25) is 10.0 Å². The van der Waals surface area contributed by atoms with E-state index < -0.39 is 0 Å². The number of piperazine rings is 1. The highest BCUT2D eigenvalue weighted by Crippen LogP contribution is 2.37. The average Bonchev–Trinajstić information content (AvgIpc) is 3.08. The SMILES string of the molecule is N#Cc1c(NC(=O)CN2CCN(Cc3ccc(Cl)cc3Cl)CC2)sc2c1CCCC2. The molecule has 2 heterocycles. The molecule has 8 heteroatoms. The number of rotatable bonds is 5. The Hall–Kier alpha value is -1.62. The summed E-state index contributed by atoms with van der Waals surface area (Å²) in [6.45, 7) is 4.53. The van der Waals surface area contributed by atoms with Gasteiger partial charge in [0, 0.05) is 47.6 Å². The van der Waals surface area contributed by atoms with Gasteiger partial charge in [-0.25, -0.2) is 0 Å². The Bertz CT molecular complexity index is 976. The van der Waals surface area contributed by atoms with Crippen molar-refractivity contribution in [3.8, 4) is 6.07 Å². The van der Waals surface area contributed by atoms with Crippen molar-refractivity contribution in [1.82, 2.24) is 9.80 Å². The van der Waals surface area contributed by atoms with E-state index in [0.29, 0.717) is 22.2 Å². The largest absolute Gasteiger partial charge is 0.315 e. The van der Waals surface area contributed by atoms with Gasteiger partial charge >= 0.3 is 0 Å². The highest BCUT2D eigenvalue weighted by molar-refractivity contribution is 7.16. The molecule has 0 spiro atoms. The molecule has 1 aliphatic heterocycles. The van der Waals surface area contributed by atoms with Crippen LogP contribution in [0.4, 0.5) is 5.00 Å². The Kier molecular flexibility index (Phi) is 6.97. The molecule has 1 amide bonds. The Morgan fingerprint density at radius 2 is 1.87 bits per heavy atom. The van der Waals surface area contributed by atoms with Gasteiger partial charge in [0.1, 0.15) is 11.1 Å². The van der Waals surface area contributed by atoms with Crippen molar-refractivity contribution >= 4 is 45.4 Å². The van der Waals surface area contributed by atoms with E-state index in [2.05, 4.69) is 21.2 Å². The predicted octanol–water partition coefficient (Wildman–Crippen LogP) is 4.56. The molecular weight excluding hydrogens is 439 g/mol. The van der Waals surface area contributed by atoms with Crippen molar-refractivity contribution in [3.63, 3.8) is 0 Å². The fourth-order valence-corrected chi connectivity index (χ4v) is 5.86. The van der Waals surface area contributed by atoms with E-state index in [4.69, 9.17) is 23.2 Å². The molecule has 0 saturated carbocycles. The van der Waals surface area contributed by atoms with Gasteiger partial charge in [-0.3, -0.25) is 14.6 Å². The first-order valence-electron chi connectivity index (χ1n) is 10.3. The van der Waals surface area contributed by atoms with Crippen LogP contribution in [0.15, 0.2) is 18.2 Å². The van der Waals surface area contributed by atoms with E-state index in [1.165, 1.54) is 4.88 Å². The Balaban J connectivity index is 1.29. The van der Waals surface area contributed by atoms with Crippen LogP contribution >= 0.6 is 34.5 Å². The van der Waals surface area contributed by atoms with Crippen LogP contribution in [-0.4, -0.2) is 48.4 Å². The fraction of sp³-hybridized carbons (Fsp3) is 0.455. The minimum atomic E-state index is -0.0423. The van der Waals surface area contributed by atoms with Crippen molar-refractivity contribution < 1.29 is 4.79 Å². The number of carbonyl (C=O) groups is 1. The van der Waals surface area contributed by atoms with Crippen molar-refractivity contribution in [2.75, 3.05) is 38.0 Å². The van der Waals surface area contributed by atoms with Crippen LogP contribution in [0.1, 0.15) is 34.4 Å². The monoisotopic (exact) mass is 462 g/mol. The molecule has 1 aliphatic carbocycles. The number of nitriles is 1. The van der Waals surface area contributed by atoms with E-state index in [9.17, 15) is 10.1 Å². The number of nitrogens with zero attached hydrogens (tertiary/aromatic N) is 3. The molecule has 1 aromatic heterocycles. The van der Waals surface area contributed by atoms with Crippen molar-refractivity contribution in [2.24, 2.45) is 0 Å². The standard InChI is InChI=1S/C22H24Cl2N4OS/c23-16-6-5-15(19(24)11-16)13-27-7-9-28(10-8-27)14-21(29)26-22-18(12-25)17-3-1-2-4-20(17)30-22/h5-6,11H,1-4,7-10,13-14H2,(H,26,29). The number of hydrogen-bond acceptors (Lipinski definition) is 5. The molecule has 158 valence electrons. The summed E-state index contributed by atoms with van der Waals surface area (Å²) < 4.78 is 0. The molecule has 1 aromatic carbocycles. The van der Waals surface area contributed by atoms with E-state index in [1.54, 1.807) is 17.4 Å². The second kappa shape index (κ2) is 9.67. The van der Waals surface area contributed by atoms with Crippen LogP contribution in [-0.2, 0) is 24.2 Å². The van der Waals surface area contributed by atoms with Gasteiger partial charge in [0.15, 0.2) is 0 Å². The van der Waals surface area contributed by atoms with Gasteiger partial charge in [0.2, 0.25) is 5.91 Å². The number of anilines is 1.